The van der Waals surface area contributed by atoms with E-state index in [0.717, 1.165) is 4.90 Å². The van der Waals surface area contributed by atoms with Gasteiger partial charge in [0.2, 0.25) is 0 Å². The van der Waals surface area contributed by atoms with Crippen LogP contribution in [0.5, 0.6) is 5.75 Å². The maximum atomic E-state index is 11.8. The molecule has 7 heteroatoms. The standard InChI is InChI=1S/C14H16BrNO5/c1-4-7-21-14(19)16(2)12(13(17)18)10-8-9(20-3)5-6-11(10)15/h4-6,8,12H,1,7H2,2-3H3,(H,17,18). The number of likely N-dealkylation sites (N-methyl/N-ethyl adjacent to an activating group) is 1. The number of hydrogen-bond donors (Lipinski definition) is 1. The van der Waals surface area contributed by atoms with Crippen LogP contribution in [0.2, 0.25) is 0 Å². The average Bonchev–Trinajstić information content (AvgIpc) is 2.46. The fraction of sp³-hybridized carbons (Fsp3) is 0.286. The lowest BCUT2D eigenvalue weighted by molar-refractivity contribution is -0.142. The molecule has 0 radical (unpaired) electrons. The highest BCUT2D eigenvalue weighted by molar-refractivity contribution is 9.10. The summed E-state index contributed by atoms with van der Waals surface area (Å²) in [4.78, 5) is 24.4. The van der Waals surface area contributed by atoms with E-state index in [-0.39, 0.29) is 6.61 Å². The molecule has 0 bridgehead atoms. The van der Waals surface area contributed by atoms with Gasteiger partial charge in [0.1, 0.15) is 12.4 Å². The van der Waals surface area contributed by atoms with Crippen LogP contribution >= 0.6 is 15.9 Å². The molecule has 1 aromatic rings. The molecule has 1 unspecified atom stereocenters. The summed E-state index contributed by atoms with van der Waals surface area (Å²) in [5.74, 6) is -0.686. The summed E-state index contributed by atoms with van der Waals surface area (Å²) in [6, 6.07) is 3.70. The minimum Gasteiger partial charge on any atom is -0.497 e. The van der Waals surface area contributed by atoms with E-state index in [0.29, 0.717) is 15.8 Å². The van der Waals surface area contributed by atoms with Crippen LogP contribution in [0.3, 0.4) is 0 Å². The number of methoxy groups -OCH3 is 1. The second-order valence-corrected chi connectivity index (χ2v) is 4.96. The number of carbonyl (C=O) groups is 2. The maximum Gasteiger partial charge on any atom is 0.410 e. The van der Waals surface area contributed by atoms with Gasteiger partial charge in [-0.1, -0.05) is 28.6 Å². The largest absolute Gasteiger partial charge is 0.497 e. The molecule has 1 N–H and O–H groups in total. The fourth-order valence-corrected chi connectivity index (χ4v) is 2.17. The molecule has 0 fully saturated rings. The summed E-state index contributed by atoms with van der Waals surface area (Å²) in [5, 5.41) is 9.43. The molecule has 1 atom stereocenters. The van der Waals surface area contributed by atoms with E-state index < -0.39 is 18.1 Å². The second kappa shape index (κ2) is 7.68. The van der Waals surface area contributed by atoms with Crippen LogP contribution in [0.15, 0.2) is 35.3 Å². The van der Waals surface area contributed by atoms with E-state index in [1.165, 1.54) is 20.2 Å². The van der Waals surface area contributed by atoms with E-state index in [9.17, 15) is 14.7 Å². The highest BCUT2D eigenvalue weighted by atomic mass is 79.9. The Morgan fingerprint density at radius 2 is 2.19 bits per heavy atom. The van der Waals surface area contributed by atoms with Gasteiger partial charge in [-0.3, -0.25) is 4.90 Å². The molecule has 6 nitrogen and oxygen atoms in total. The van der Waals surface area contributed by atoms with Gasteiger partial charge in [-0.2, -0.15) is 0 Å². The van der Waals surface area contributed by atoms with Crippen molar-refractivity contribution in [2.24, 2.45) is 0 Å². The van der Waals surface area contributed by atoms with Gasteiger partial charge in [-0.25, -0.2) is 9.59 Å². The van der Waals surface area contributed by atoms with Gasteiger partial charge in [0.15, 0.2) is 6.04 Å². The molecule has 0 spiro atoms. The van der Waals surface area contributed by atoms with E-state index in [4.69, 9.17) is 9.47 Å². The Morgan fingerprint density at radius 1 is 1.52 bits per heavy atom. The van der Waals surface area contributed by atoms with Crippen LogP contribution in [0.4, 0.5) is 4.79 Å². The number of carboxylic acids is 1. The number of carboxylic acid groups (broad SMARTS) is 1. The first-order valence-corrected chi connectivity index (χ1v) is 6.78. The predicted molar refractivity (Wildman–Crippen MR) is 80.4 cm³/mol. The second-order valence-electron chi connectivity index (χ2n) is 4.10. The van der Waals surface area contributed by atoms with Crippen molar-refractivity contribution in [1.29, 1.82) is 0 Å². The van der Waals surface area contributed by atoms with Gasteiger partial charge >= 0.3 is 12.1 Å². The number of rotatable bonds is 6. The van der Waals surface area contributed by atoms with Crippen LogP contribution in [0, 0.1) is 0 Å². The van der Waals surface area contributed by atoms with Crippen molar-refractivity contribution in [3.8, 4) is 5.75 Å². The summed E-state index contributed by atoms with van der Waals surface area (Å²) in [5.41, 5.74) is 0.389. The summed E-state index contributed by atoms with van der Waals surface area (Å²) in [7, 11) is 2.83. The van der Waals surface area contributed by atoms with Crippen molar-refractivity contribution in [2.45, 2.75) is 6.04 Å². The SMILES string of the molecule is C=CCOC(=O)N(C)C(C(=O)O)c1cc(OC)ccc1Br. The lowest BCUT2D eigenvalue weighted by atomic mass is 10.1. The Kier molecular flexibility index (Phi) is 6.23. The van der Waals surface area contributed by atoms with Crippen LogP contribution < -0.4 is 4.74 Å². The molecule has 0 aromatic heterocycles. The van der Waals surface area contributed by atoms with Crippen molar-refractivity contribution < 1.29 is 24.2 Å². The lowest BCUT2D eigenvalue weighted by Crippen LogP contribution is -2.36. The van der Waals surface area contributed by atoms with E-state index >= 15 is 0 Å². The van der Waals surface area contributed by atoms with Crippen molar-refractivity contribution >= 4 is 28.0 Å². The molecule has 1 rings (SSSR count). The predicted octanol–water partition coefficient (Wildman–Crippen LogP) is 2.84. The molecule has 0 saturated carbocycles. The molecule has 0 heterocycles. The number of carbonyl (C=O) groups excluding carboxylic acids is 1. The van der Waals surface area contributed by atoms with Gasteiger partial charge in [0, 0.05) is 17.1 Å². The third kappa shape index (κ3) is 4.22. The van der Waals surface area contributed by atoms with Gasteiger partial charge in [-0.05, 0) is 18.2 Å². The Balaban J connectivity index is 3.14. The molecule has 1 aromatic carbocycles. The highest BCUT2D eigenvalue weighted by Crippen LogP contribution is 2.31. The third-order valence-electron chi connectivity index (χ3n) is 2.73. The molecule has 0 aliphatic carbocycles. The minimum absolute atomic E-state index is 0.00872. The molecule has 0 aliphatic heterocycles. The van der Waals surface area contributed by atoms with E-state index in [2.05, 4.69) is 22.5 Å². The monoisotopic (exact) mass is 357 g/mol. The zero-order valence-electron chi connectivity index (χ0n) is 11.7. The molecule has 21 heavy (non-hydrogen) atoms. The topological polar surface area (TPSA) is 76.1 Å². The fourth-order valence-electron chi connectivity index (χ4n) is 1.70. The number of nitrogens with zero attached hydrogens (tertiary/aromatic N) is 1. The summed E-state index contributed by atoms with van der Waals surface area (Å²) < 4.78 is 10.5. The molecule has 0 aliphatic rings. The van der Waals surface area contributed by atoms with Gasteiger partial charge in [-0.15, -0.1) is 0 Å². The zero-order chi connectivity index (χ0) is 16.0. The van der Waals surface area contributed by atoms with Gasteiger partial charge in [0.05, 0.1) is 7.11 Å². The molecule has 114 valence electrons. The minimum atomic E-state index is -1.20. The van der Waals surface area contributed by atoms with E-state index in [1.54, 1.807) is 18.2 Å². The number of hydrogen-bond acceptors (Lipinski definition) is 4. The normalized spacial score (nSPS) is 11.4. The van der Waals surface area contributed by atoms with Crippen molar-refractivity contribution in [1.82, 2.24) is 4.90 Å². The first kappa shape index (κ1) is 17.0. The van der Waals surface area contributed by atoms with Crippen molar-refractivity contribution in [3.05, 3.63) is 40.9 Å². The third-order valence-corrected chi connectivity index (χ3v) is 3.45. The molecule has 1 amide bonds. The van der Waals surface area contributed by atoms with Crippen molar-refractivity contribution in [3.63, 3.8) is 0 Å². The molecular weight excluding hydrogens is 342 g/mol. The quantitative estimate of drug-likeness (QED) is 0.792. The first-order chi connectivity index (χ1) is 9.92. The smallest absolute Gasteiger partial charge is 0.410 e. The summed E-state index contributed by atoms with van der Waals surface area (Å²) in [6.07, 6.45) is 0.653. The van der Waals surface area contributed by atoms with Gasteiger partial charge < -0.3 is 14.6 Å². The first-order valence-electron chi connectivity index (χ1n) is 5.99. The average molecular weight is 358 g/mol. The van der Waals surface area contributed by atoms with Crippen LogP contribution in [0.25, 0.3) is 0 Å². The number of amides is 1. The molecule has 0 saturated heterocycles. The zero-order valence-corrected chi connectivity index (χ0v) is 13.3. The Labute approximate surface area is 131 Å². The van der Waals surface area contributed by atoms with E-state index in [1.807, 2.05) is 0 Å². The lowest BCUT2D eigenvalue weighted by Gasteiger charge is -2.25. The van der Waals surface area contributed by atoms with Crippen LogP contribution in [-0.4, -0.2) is 42.8 Å². The number of benzene rings is 1. The number of halogens is 1. The molecular formula is C14H16BrNO5. The highest BCUT2D eigenvalue weighted by Gasteiger charge is 2.31. The Morgan fingerprint density at radius 3 is 2.71 bits per heavy atom. The van der Waals surface area contributed by atoms with Crippen LogP contribution in [-0.2, 0) is 9.53 Å². The summed E-state index contributed by atoms with van der Waals surface area (Å²) in [6.45, 7) is 3.44. The summed E-state index contributed by atoms with van der Waals surface area (Å²) >= 11 is 3.28. The maximum absolute atomic E-state index is 11.8. The number of ether oxygens (including phenoxy) is 2. The number of aliphatic carboxylic acids is 1. The van der Waals surface area contributed by atoms with Gasteiger partial charge in [0.25, 0.3) is 0 Å². The Hall–Kier alpha value is -2.02. The Bertz CT molecular complexity index is 546. The van der Waals surface area contributed by atoms with Crippen molar-refractivity contribution in [2.75, 3.05) is 20.8 Å². The van der Waals surface area contributed by atoms with Crippen LogP contribution in [0.1, 0.15) is 11.6 Å².